The fourth-order valence-corrected chi connectivity index (χ4v) is 1.70. The van der Waals surface area contributed by atoms with E-state index in [4.69, 9.17) is 10.2 Å². The molecular weight excluding hydrogens is 296 g/mol. The lowest BCUT2D eigenvalue weighted by Crippen LogP contribution is -2.47. The number of carbonyl (C=O) groups excluding carboxylic acids is 2. The average Bonchev–Trinajstić information content (AvgIpc) is 2.89. The molecule has 10 nitrogen and oxygen atoms in total. The summed E-state index contributed by atoms with van der Waals surface area (Å²) in [5.74, 6) is -4.07. The number of carbonyl (C=O) groups is 4. The molecule has 0 aromatic carbocycles. The zero-order chi connectivity index (χ0) is 16.7. The fourth-order valence-electron chi connectivity index (χ4n) is 1.70. The van der Waals surface area contributed by atoms with Gasteiger partial charge >= 0.3 is 11.9 Å². The summed E-state index contributed by atoms with van der Waals surface area (Å²) in [4.78, 5) is 51.2. The van der Waals surface area contributed by atoms with E-state index in [1.165, 1.54) is 12.5 Å². The first-order valence-corrected chi connectivity index (χ1v) is 6.29. The molecule has 0 saturated carbocycles. The Balaban J connectivity index is 2.64. The zero-order valence-corrected chi connectivity index (χ0v) is 11.7. The van der Waals surface area contributed by atoms with Crippen LogP contribution in [0.5, 0.6) is 0 Å². The van der Waals surface area contributed by atoms with E-state index in [-0.39, 0.29) is 6.42 Å². The lowest BCUT2D eigenvalue weighted by atomic mass is 10.1. The largest absolute Gasteiger partial charge is 0.480 e. The Kier molecular flexibility index (Phi) is 6.05. The van der Waals surface area contributed by atoms with Crippen LogP contribution in [0.4, 0.5) is 0 Å². The summed E-state index contributed by atoms with van der Waals surface area (Å²) in [6.45, 7) is 1.12. The van der Waals surface area contributed by atoms with Gasteiger partial charge in [-0.1, -0.05) is 0 Å². The van der Waals surface area contributed by atoms with E-state index in [0.29, 0.717) is 5.69 Å². The van der Waals surface area contributed by atoms with Gasteiger partial charge in [-0.2, -0.15) is 0 Å². The predicted molar refractivity (Wildman–Crippen MR) is 71.7 cm³/mol. The van der Waals surface area contributed by atoms with Crippen LogP contribution in [0.25, 0.3) is 0 Å². The molecule has 1 heterocycles. The molecular formula is C12H16N4O6. The number of imidazole rings is 1. The highest BCUT2D eigenvalue weighted by Crippen LogP contribution is 2.01. The van der Waals surface area contributed by atoms with Crippen LogP contribution in [0.1, 0.15) is 19.0 Å². The molecule has 22 heavy (non-hydrogen) atoms. The van der Waals surface area contributed by atoms with Gasteiger partial charge in [-0.3, -0.25) is 9.59 Å². The van der Waals surface area contributed by atoms with Gasteiger partial charge in [0.15, 0.2) is 0 Å². The second-order valence-corrected chi connectivity index (χ2v) is 4.52. The molecule has 1 aromatic heterocycles. The van der Waals surface area contributed by atoms with Crippen LogP contribution >= 0.6 is 0 Å². The number of amides is 2. The lowest BCUT2D eigenvalue weighted by molar-refractivity contribution is -0.144. The molecule has 0 spiro atoms. The maximum Gasteiger partial charge on any atom is 0.326 e. The molecule has 0 aliphatic carbocycles. The third-order valence-electron chi connectivity index (χ3n) is 2.67. The minimum atomic E-state index is -1.42. The minimum absolute atomic E-state index is 0.0531. The van der Waals surface area contributed by atoms with Crippen molar-refractivity contribution in [3.8, 4) is 0 Å². The number of hydrogen-bond donors (Lipinski definition) is 5. The van der Waals surface area contributed by atoms with Crippen molar-refractivity contribution in [2.24, 2.45) is 0 Å². The summed E-state index contributed by atoms with van der Waals surface area (Å²) in [6.07, 6.45) is 2.23. The molecule has 2 atom stereocenters. The van der Waals surface area contributed by atoms with Crippen molar-refractivity contribution in [1.82, 2.24) is 20.6 Å². The summed E-state index contributed by atoms with van der Waals surface area (Å²) in [5.41, 5.74) is 0.435. The molecule has 0 aliphatic rings. The van der Waals surface area contributed by atoms with Crippen molar-refractivity contribution in [2.75, 3.05) is 0 Å². The quantitative estimate of drug-likeness (QED) is 0.390. The van der Waals surface area contributed by atoms with Crippen LogP contribution in [0.3, 0.4) is 0 Å². The zero-order valence-electron chi connectivity index (χ0n) is 11.7. The summed E-state index contributed by atoms with van der Waals surface area (Å²) in [5, 5.41) is 22.3. The second kappa shape index (κ2) is 7.76. The van der Waals surface area contributed by atoms with Gasteiger partial charge in [0.25, 0.3) is 0 Å². The topological polar surface area (TPSA) is 161 Å². The van der Waals surface area contributed by atoms with Gasteiger partial charge in [-0.05, 0) is 0 Å². The number of aromatic amines is 1. The summed E-state index contributed by atoms with van der Waals surface area (Å²) >= 11 is 0. The molecule has 0 unspecified atom stereocenters. The SMILES string of the molecule is CC(=O)N[C@@H](CC(=O)N[C@@H](Cc1c[nH]cn1)C(=O)O)C(=O)O. The summed E-state index contributed by atoms with van der Waals surface area (Å²) in [7, 11) is 0. The molecule has 120 valence electrons. The van der Waals surface area contributed by atoms with Gasteiger partial charge in [0.1, 0.15) is 12.1 Å². The average molecular weight is 312 g/mol. The van der Waals surface area contributed by atoms with Crippen molar-refractivity contribution < 1.29 is 29.4 Å². The monoisotopic (exact) mass is 312 g/mol. The third kappa shape index (κ3) is 5.61. The van der Waals surface area contributed by atoms with Crippen molar-refractivity contribution in [2.45, 2.75) is 31.8 Å². The Morgan fingerprint density at radius 2 is 1.82 bits per heavy atom. The highest BCUT2D eigenvalue weighted by Gasteiger charge is 2.26. The normalized spacial score (nSPS) is 13.0. The van der Waals surface area contributed by atoms with Gasteiger partial charge < -0.3 is 25.8 Å². The minimum Gasteiger partial charge on any atom is -0.480 e. The third-order valence-corrected chi connectivity index (χ3v) is 2.67. The Labute approximate surface area is 124 Å². The first-order chi connectivity index (χ1) is 10.3. The summed E-state index contributed by atoms with van der Waals surface area (Å²) < 4.78 is 0. The van der Waals surface area contributed by atoms with E-state index in [1.807, 2.05) is 0 Å². The Morgan fingerprint density at radius 1 is 1.18 bits per heavy atom. The van der Waals surface area contributed by atoms with Crippen molar-refractivity contribution >= 4 is 23.8 Å². The predicted octanol–water partition coefficient (Wildman–Crippen LogP) is -1.50. The maximum atomic E-state index is 11.8. The second-order valence-electron chi connectivity index (χ2n) is 4.52. The molecule has 0 aliphatic heterocycles. The lowest BCUT2D eigenvalue weighted by Gasteiger charge is -2.16. The van der Waals surface area contributed by atoms with Gasteiger partial charge in [0.2, 0.25) is 11.8 Å². The van der Waals surface area contributed by atoms with E-state index in [0.717, 1.165) is 6.92 Å². The fraction of sp³-hybridized carbons (Fsp3) is 0.417. The molecule has 0 bridgehead atoms. The van der Waals surface area contributed by atoms with Crippen molar-refractivity contribution in [3.63, 3.8) is 0 Å². The Bertz CT molecular complexity index is 556. The van der Waals surface area contributed by atoms with Gasteiger partial charge in [0, 0.05) is 19.5 Å². The first-order valence-electron chi connectivity index (χ1n) is 6.29. The van der Waals surface area contributed by atoms with Crippen molar-refractivity contribution in [1.29, 1.82) is 0 Å². The van der Waals surface area contributed by atoms with Crippen LogP contribution < -0.4 is 10.6 Å². The van der Waals surface area contributed by atoms with E-state index in [9.17, 15) is 19.2 Å². The molecule has 1 aromatic rings. The molecule has 0 fully saturated rings. The molecule has 10 heteroatoms. The van der Waals surface area contributed by atoms with Crippen LogP contribution in [-0.2, 0) is 25.6 Å². The number of nitrogens with zero attached hydrogens (tertiary/aromatic N) is 1. The van der Waals surface area contributed by atoms with Crippen LogP contribution in [-0.4, -0.2) is 56.0 Å². The van der Waals surface area contributed by atoms with E-state index in [2.05, 4.69) is 20.6 Å². The number of carboxylic acids is 2. The number of aliphatic carboxylic acids is 2. The van der Waals surface area contributed by atoms with Gasteiger partial charge in [-0.15, -0.1) is 0 Å². The maximum absolute atomic E-state index is 11.8. The van der Waals surface area contributed by atoms with E-state index in [1.54, 1.807) is 0 Å². The first kappa shape index (κ1) is 17.1. The van der Waals surface area contributed by atoms with Crippen LogP contribution in [0.15, 0.2) is 12.5 Å². The number of rotatable bonds is 8. The summed E-state index contributed by atoms with van der Waals surface area (Å²) in [6, 6.07) is -2.67. The highest BCUT2D eigenvalue weighted by atomic mass is 16.4. The van der Waals surface area contributed by atoms with E-state index < -0.39 is 42.3 Å². The molecule has 2 amide bonds. The molecule has 0 saturated heterocycles. The number of H-pyrrole nitrogens is 1. The molecule has 1 rings (SSSR count). The number of carboxylic acid groups (broad SMARTS) is 2. The van der Waals surface area contributed by atoms with Gasteiger partial charge in [-0.25, -0.2) is 14.6 Å². The highest BCUT2D eigenvalue weighted by molar-refractivity contribution is 5.89. The standard InChI is InChI=1S/C12H16N4O6/c1-6(17)15-9(12(21)22)3-10(18)16-8(11(19)20)2-7-4-13-5-14-7/h4-5,8-9H,2-3H2,1H3,(H,13,14)(H,15,17)(H,16,18)(H,19,20)(H,21,22)/t8-,9-/m0/s1. The van der Waals surface area contributed by atoms with Crippen LogP contribution in [0.2, 0.25) is 0 Å². The van der Waals surface area contributed by atoms with Crippen molar-refractivity contribution in [3.05, 3.63) is 18.2 Å². The smallest absolute Gasteiger partial charge is 0.326 e. The Morgan fingerprint density at radius 3 is 2.27 bits per heavy atom. The van der Waals surface area contributed by atoms with Crippen LogP contribution in [0, 0.1) is 0 Å². The van der Waals surface area contributed by atoms with E-state index >= 15 is 0 Å². The van der Waals surface area contributed by atoms with Gasteiger partial charge in [0.05, 0.1) is 18.4 Å². The molecule has 5 N–H and O–H groups in total. The number of hydrogen-bond acceptors (Lipinski definition) is 5. The number of aromatic nitrogens is 2. The Hall–Kier alpha value is -2.91. The molecule has 0 radical (unpaired) electrons. The number of nitrogens with one attached hydrogen (secondary N) is 3.